The van der Waals surface area contributed by atoms with Crippen LogP contribution in [0.2, 0.25) is 0 Å². The molecular formula is C27H17F4N7O5. The Kier molecular flexibility index (Phi) is 6.67. The average molecular weight is 595 g/mol. The van der Waals surface area contributed by atoms with Crippen molar-refractivity contribution in [3.63, 3.8) is 0 Å². The maximum absolute atomic E-state index is 14.5. The highest BCUT2D eigenvalue weighted by Gasteiger charge is 2.57. The van der Waals surface area contributed by atoms with Gasteiger partial charge in [-0.1, -0.05) is 47.7 Å². The second-order valence-electron chi connectivity index (χ2n) is 9.74. The zero-order valence-electron chi connectivity index (χ0n) is 21.6. The number of carbonyl (C=O) groups excluding carboxylic acids is 3. The van der Waals surface area contributed by atoms with Crippen molar-refractivity contribution in [2.45, 2.75) is 24.5 Å². The second-order valence-corrected chi connectivity index (χ2v) is 9.74. The minimum atomic E-state index is -1.95. The van der Waals surface area contributed by atoms with E-state index in [0.29, 0.717) is 16.8 Å². The fourth-order valence-electron chi connectivity index (χ4n) is 5.17. The molecular weight excluding hydrogens is 578 g/mol. The quantitative estimate of drug-likeness (QED) is 0.140. The first-order valence-electron chi connectivity index (χ1n) is 12.6. The number of anilines is 1. The monoisotopic (exact) mass is 595 g/mol. The first kappa shape index (κ1) is 27.6. The number of amides is 3. The molecule has 3 atom stereocenters. The molecule has 1 fully saturated rings. The van der Waals surface area contributed by atoms with E-state index in [1.165, 1.54) is 24.3 Å². The summed E-state index contributed by atoms with van der Waals surface area (Å²) >= 11 is 0. The topological polar surface area (TPSA) is 141 Å². The van der Waals surface area contributed by atoms with Gasteiger partial charge in [-0.15, -0.1) is 0 Å². The van der Waals surface area contributed by atoms with Crippen LogP contribution in [-0.2, 0) is 14.4 Å². The highest BCUT2D eigenvalue weighted by atomic mass is 19.2. The van der Waals surface area contributed by atoms with Gasteiger partial charge in [-0.3, -0.25) is 29.5 Å². The predicted octanol–water partition coefficient (Wildman–Crippen LogP) is 3.82. The number of benzene rings is 3. The van der Waals surface area contributed by atoms with Crippen LogP contribution >= 0.6 is 0 Å². The largest absolute Gasteiger partial charge is 0.271 e. The van der Waals surface area contributed by atoms with Crippen LogP contribution in [0.15, 0.2) is 76.1 Å². The molecule has 0 saturated carbocycles. The molecule has 12 nitrogen and oxygen atoms in total. The van der Waals surface area contributed by atoms with Crippen molar-refractivity contribution in [3.8, 4) is 0 Å². The van der Waals surface area contributed by atoms with Crippen LogP contribution in [0.3, 0.4) is 0 Å². The van der Waals surface area contributed by atoms with E-state index in [9.17, 15) is 42.1 Å². The van der Waals surface area contributed by atoms with E-state index in [1.807, 2.05) is 0 Å². The van der Waals surface area contributed by atoms with Crippen LogP contribution in [0.5, 0.6) is 0 Å². The molecule has 3 aromatic rings. The summed E-state index contributed by atoms with van der Waals surface area (Å²) in [6, 6.07) is 10.4. The molecule has 3 aromatic carbocycles. The van der Waals surface area contributed by atoms with Crippen molar-refractivity contribution in [3.05, 3.63) is 105 Å². The van der Waals surface area contributed by atoms with E-state index in [1.54, 1.807) is 30.3 Å². The lowest BCUT2D eigenvalue weighted by Crippen LogP contribution is -2.45. The highest BCUT2D eigenvalue weighted by molar-refractivity contribution is 6.25. The van der Waals surface area contributed by atoms with Crippen molar-refractivity contribution in [1.29, 1.82) is 0 Å². The predicted molar refractivity (Wildman–Crippen MR) is 138 cm³/mol. The van der Waals surface area contributed by atoms with Crippen molar-refractivity contribution >= 4 is 34.8 Å². The zero-order valence-corrected chi connectivity index (χ0v) is 21.6. The maximum atomic E-state index is 14.5. The third kappa shape index (κ3) is 4.56. The summed E-state index contributed by atoms with van der Waals surface area (Å²) in [5, 5.41) is 24.9. The number of fused-ring (bicyclic) bond motifs is 1. The average Bonchev–Trinajstić information content (AvgIpc) is 3.69. The van der Waals surface area contributed by atoms with Crippen LogP contribution < -0.4 is 4.90 Å². The lowest BCUT2D eigenvalue weighted by atomic mass is 9.98. The fourth-order valence-corrected chi connectivity index (χ4v) is 5.17. The lowest BCUT2D eigenvalue weighted by Gasteiger charge is -2.25. The number of non-ortho nitro benzene ring substituents is 1. The summed E-state index contributed by atoms with van der Waals surface area (Å²) in [7, 11) is 0. The number of nitrogens with zero attached hydrogens (tertiary/aromatic N) is 7. The third-order valence-corrected chi connectivity index (χ3v) is 7.23. The number of nitro benzene ring substituents is 1. The molecule has 0 aromatic heterocycles. The zero-order chi connectivity index (χ0) is 30.6. The van der Waals surface area contributed by atoms with Crippen LogP contribution in [0.4, 0.5) is 28.9 Å². The number of carbonyl (C=O) groups is 3. The molecule has 0 spiro atoms. The Labute approximate surface area is 238 Å². The molecule has 16 heteroatoms. The summed E-state index contributed by atoms with van der Waals surface area (Å²) in [4.78, 5) is 50.2. The normalized spacial score (nSPS) is 21.1. The molecule has 1 saturated heterocycles. The molecule has 43 heavy (non-hydrogen) atoms. The van der Waals surface area contributed by atoms with Gasteiger partial charge in [-0.05, 0) is 11.1 Å². The number of rotatable bonds is 6. The van der Waals surface area contributed by atoms with Gasteiger partial charge in [0.2, 0.25) is 0 Å². The standard InChI is InChI=1S/C27H17F4N7O5/c28-16-10-17(29)22(31)24(21(16)30)36-26(40)23-25(27(36)41)35(34-32-23)12-20(39)37-19(14-6-8-15(9-7-14)38(42)43)11-18(33-37)13-4-2-1-3-5-13/h1-10,19,23,25H,11-12H2/t19-,23+,25-/m0/s1. The number of hydrogen-bond acceptors (Lipinski definition) is 9. The summed E-state index contributed by atoms with van der Waals surface area (Å²) in [5.74, 6) is -10.8. The molecule has 0 bridgehead atoms. The molecule has 3 heterocycles. The van der Waals surface area contributed by atoms with Crippen molar-refractivity contribution in [2.75, 3.05) is 11.4 Å². The number of halogens is 4. The van der Waals surface area contributed by atoms with Gasteiger partial charge in [-0.25, -0.2) is 27.5 Å². The summed E-state index contributed by atoms with van der Waals surface area (Å²) in [6.07, 6.45) is 0.232. The Morgan fingerprint density at radius 1 is 0.953 bits per heavy atom. The Morgan fingerprint density at radius 2 is 1.60 bits per heavy atom. The number of nitro groups is 1. The lowest BCUT2D eigenvalue weighted by molar-refractivity contribution is -0.384. The van der Waals surface area contributed by atoms with Gasteiger partial charge in [0, 0.05) is 24.6 Å². The van der Waals surface area contributed by atoms with Gasteiger partial charge in [0.15, 0.2) is 35.4 Å². The third-order valence-electron chi connectivity index (χ3n) is 7.23. The van der Waals surface area contributed by atoms with Crippen molar-refractivity contribution in [2.24, 2.45) is 15.4 Å². The maximum Gasteiger partial charge on any atom is 0.269 e. The van der Waals surface area contributed by atoms with Crippen LogP contribution in [0, 0.1) is 33.4 Å². The Hall–Kier alpha value is -5.54. The summed E-state index contributed by atoms with van der Waals surface area (Å²) in [5.41, 5.74) is 0.0670. The minimum Gasteiger partial charge on any atom is -0.271 e. The van der Waals surface area contributed by atoms with E-state index in [2.05, 4.69) is 15.4 Å². The van der Waals surface area contributed by atoms with Gasteiger partial charge in [-0.2, -0.15) is 10.2 Å². The molecule has 3 amide bonds. The first-order valence-corrected chi connectivity index (χ1v) is 12.6. The van der Waals surface area contributed by atoms with Gasteiger partial charge < -0.3 is 0 Å². The van der Waals surface area contributed by atoms with E-state index in [0.717, 1.165) is 10.0 Å². The van der Waals surface area contributed by atoms with Crippen LogP contribution in [0.1, 0.15) is 23.6 Å². The SMILES string of the molecule is O=C1[C@@H]2[C@@H](N=NN2CC(=O)N2N=C(c3ccccc3)C[C@H]2c2ccc([N+](=O)[O-])cc2)C(=O)N1c1c(F)c(F)cc(F)c1F. The number of hydrazone groups is 1. The fraction of sp³-hybridized carbons (Fsp3) is 0.185. The van der Waals surface area contributed by atoms with E-state index < -0.39 is 76.3 Å². The summed E-state index contributed by atoms with van der Waals surface area (Å²) in [6.45, 7) is -0.672. The van der Waals surface area contributed by atoms with Crippen molar-refractivity contribution < 1.29 is 36.9 Å². The van der Waals surface area contributed by atoms with Gasteiger partial charge >= 0.3 is 0 Å². The second kappa shape index (κ2) is 10.4. The number of hydrogen-bond donors (Lipinski definition) is 0. The Morgan fingerprint density at radius 3 is 2.23 bits per heavy atom. The van der Waals surface area contributed by atoms with Gasteiger partial charge in [0.05, 0.1) is 16.7 Å². The van der Waals surface area contributed by atoms with E-state index in [4.69, 9.17) is 0 Å². The van der Waals surface area contributed by atoms with Crippen molar-refractivity contribution in [1.82, 2.24) is 10.0 Å². The first-order chi connectivity index (χ1) is 20.6. The smallest absolute Gasteiger partial charge is 0.269 e. The van der Waals surface area contributed by atoms with Gasteiger partial charge in [0.1, 0.15) is 12.2 Å². The van der Waals surface area contributed by atoms with E-state index >= 15 is 0 Å². The number of imide groups is 1. The van der Waals surface area contributed by atoms with Gasteiger partial charge in [0.25, 0.3) is 23.4 Å². The minimum absolute atomic E-state index is 0.0387. The Balaban J connectivity index is 1.28. The summed E-state index contributed by atoms with van der Waals surface area (Å²) < 4.78 is 56.6. The molecule has 0 N–H and O–H groups in total. The molecule has 218 valence electrons. The van der Waals surface area contributed by atoms with Crippen LogP contribution in [0.25, 0.3) is 0 Å². The molecule has 0 aliphatic carbocycles. The van der Waals surface area contributed by atoms with Crippen LogP contribution in [-0.4, -0.2) is 57.0 Å². The molecule has 0 unspecified atom stereocenters. The van der Waals surface area contributed by atoms with E-state index in [-0.39, 0.29) is 23.1 Å². The molecule has 0 radical (unpaired) electrons. The molecule has 3 aliphatic rings. The highest BCUT2D eigenvalue weighted by Crippen LogP contribution is 2.37. The molecule has 6 rings (SSSR count). The molecule has 3 aliphatic heterocycles. The Bertz CT molecular complexity index is 1730.